The first-order valence-corrected chi connectivity index (χ1v) is 6.84. The number of anilines is 1. The van der Waals surface area contributed by atoms with Crippen LogP contribution in [0.1, 0.15) is 13.3 Å². The molecule has 0 aliphatic heterocycles. The number of hydrogen-bond acceptors (Lipinski definition) is 2. The normalized spacial score (nSPS) is 11.8. The van der Waals surface area contributed by atoms with Gasteiger partial charge in [-0.1, -0.05) is 47.1 Å². The van der Waals surface area contributed by atoms with E-state index in [1.807, 2.05) is 49.4 Å². The Morgan fingerprint density at radius 2 is 2.00 bits per heavy atom. The summed E-state index contributed by atoms with van der Waals surface area (Å²) in [4.78, 5) is 12.0. The number of nitriles is 1. The minimum atomic E-state index is -0.609. The molecule has 3 nitrogen and oxygen atoms in total. The molecule has 1 unspecified atom stereocenters. The van der Waals surface area contributed by atoms with Gasteiger partial charge in [-0.2, -0.15) is 5.26 Å². The first-order valence-electron chi connectivity index (χ1n) is 6.05. The van der Waals surface area contributed by atoms with Crippen molar-refractivity contribution < 1.29 is 4.79 Å². The zero-order valence-electron chi connectivity index (χ0n) is 10.5. The number of fused-ring (bicyclic) bond motifs is 1. The number of halogens is 1. The molecular weight excluding hydrogens is 304 g/mol. The van der Waals surface area contributed by atoms with E-state index < -0.39 is 5.92 Å². The third-order valence-corrected chi connectivity index (χ3v) is 3.70. The second-order valence-corrected chi connectivity index (χ2v) is 5.07. The molecule has 0 fully saturated rings. The molecule has 0 saturated carbocycles. The zero-order valence-corrected chi connectivity index (χ0v) is 12.1. The summed E-state index contributed by atoms with van der Waals surface area (Å²) in [7, 11) is 0. The Morgan fingerprint density at radius 1 is 1.32 bits per heavy atom. The van der Waals surface area contributed by atoms with Crippen molar-refractivity contribution in [1.82, 2.24) is 0 Å². The third-order valence-electron chi connectivity index (χ3n) is 3.01. The topological polar surface area (TPSA) is 52.9 Å². The largest absolute Gasteiger partial charge is 0.324 e. The highest BCUT2D eigenvalue weighted by molar-refractivity contribution is 9.10. The Balaban J connectivity index is 2.40. The van der Waals surface area contributed by atoms with E-state index in [-0.39, 0.29) is 5.91 Å². The van der Waals surface area contributed by atoms with Crippen LogP contribution in [-0.2, 0) is 4.79 Å². The molecule has 0 saturated heterocycles. The lowest BCUT2D eigenvalue weighted by molar-refractivity contribution is -0.118. The fraction of sp³-hybridized carbons (Fsp3) is 0.200. The molecule has 0 aliphatic carbocycles. The maximum absolute atomic E-state index is 12.0. The van der Waals surface area contributed by atoms with Crippen molar-refractivity contribution in [2.75, 3.05) is 5.32 Å². The van der Waals surface area contributed by atoms with Crippen LogP contribution in [-0.4, -0.2) is 5.91 Å². The highest BCUT2D eigenvalue weighted by Crippen LogP contribution is 2.30. The Morgan fingerprint density at radius 3 is 2.63 bits per heavy atom. The van der Waals surface area contributed by atoms with Crippen LogP contribution in [0.3, 0.4) is 0 Å². The van der Waals surface area contributed by atoms with Crippen LogP contribution in [0.15, 0.2) is 40.9 Å². The Bertz CT molecular complexity index is 661. The van der Waals surface area contributed by atoms with Crippen LogP contribution >= 0.6 is 15.9 Å². The first-order chi connectivity index (χ1) is 9.17. The number of rotatable bonds is 3. The second-order valence-electron chi connectivity index (χ2n) is 4.22. The minimum absolute atomic E-state index is 0.252. The van der Waals surface area contributed by atoms with Gasteiger partial charge in [-0.05, 0) is 23.9 Å². The van der Waals surface area contributed by atoms with E-state index in [4.69, 9.17) is 5.26 Å². The van der Waals surface area contributed by atoms with E-state index in [1.54, 1.807) is 0 Å². The van der Waals surface area contributed by atoms with Gasteiger partial charge < -0.3 is 5.32 Å². The molecule has 0 aromatic heterocycles. The molecule has 0 heterocycles. The molecule has 4 heteroatoms. The number of hydrogen-bond donors (Lipinski definition) is 1. The van der Waals surface area contributed by atoms with Crippen molar-refractivity contribution in [1.29, 1.82) is 5.26 Å². The highest BCUT2D eigenvalue weighted by Gasteiger charge is 2.16. The molecule has 0 spiro atoms. The zero-order chi connectivity index (χ0) is 13.8. The molecule has 96 valence electrons. The minimum Gasteiger partial charge on any atom is -0.324 e. The second kappa shape index (κ2) is 5.85. The fourth-order valence-corrected chi connectivity index (χ4v) is 2.40. The first kappa shape index (κ1) is 13.6. The molecule has 2 rings (SSSR count). The van der Waals surface area contributed by atoms with Crippen LogP contribution in [0.2, 0.25) is 0 Å². The number of nitrogens with one attached hydrogen (secondary N) is 1. The van der Waals surface area contributed by atoms with Crippen molar-refractivity contribution in [3.8, 4) is 6.07 Å². The van der Waals surface area contributed by atoms with Crippen LogP contribution < -0.4 is 5.32 Å². The van der Waals surface area contributed by atoms with E-state index >= 15 is 0 Å². The van der Waals surface area contributed by atoms with Crippen LogP contribution in [0, 0.1) is 17.2 Å². The third kappa shape index (κ3) is 2.77. The quantitative estimate of drug-likeness (QED) is 0.927. The number of carbonyl (C=O) groups is 1. The Labute approximate surface area is 120 Å². The molecule has 0 aliphatic rings. The van der Waals surface area contributed by atoms with Gasteiger partial charge in [0.1, 0.15) is 5.92 Å². The molecule has 2 aromatic rings. The highest BCUT2D eigenvalue weighted by atomic mass is 79.9. The standard InChI is InChI=1S/C15H13BrN2O/c1-2-10(9-17)15(19)18-14-8-7-13(16)11-5-3-4-6-12(11)14/h3-8,10H,2H2,1H3,(H,18,19). The fourth-order valence-electron chi connectivity index (χ4n) is 1.93. The lowest BCUT2D eigenvalue weighted by Crippen LogP contribution is -2.21. The molecule has 0 bridgehead atoms. The van der Waals surface area contributed by atoms with E-state index in [0.717, 1.165) is 20.9 Å². The van der Waals surface area contributed by atoms with E-state index in [0.29, 0.717) is 6.42 Å². The van der Waals surface area contributed by atoms with Crippen molar-refractivity contribution >= 4 is 38.3 Å². The van der Waals surface area contributed by atoms with Crippen LogP contribution in [0.5, 0.6) is 0 Å². The predicted octanol–water partition coefficient (Wildman–Crippen LogP) is 4.09. The average Bonchev–Trinajstić information content (AvgIpc) is 2.44. The Kier molecular flexibility index (Phi) is 4.18. The molecular formula is C15H13BrN2O. The number of benzene rings is 2. The smallest absolute Gasteiger partial charge is 0.241 e. The summed E-state index contributed by atoms with van der Waals surface area (Å²) in [6.07, 6.45) is 0.511. The summed E-state index contributed by atoms with van der Waals surface area (Å²) < 4.78 is 0.980. The summed E-state index contributed by atoms with van der Waals surface area (Å²) in [5.41, 5.74) is 0.734. The van der Waals surface area contributed by atoms with Crippen LogP contribution in [0.25, 0.3) is 10.8 Å². The van der Waals surface area contributed by atoms with Gasteiger partial charge in [0.25, 0.3) is 0 Å². The number of carbonyl (C=O) groups excluding carboxylic acids is 1. The summed E-state index contributed by atoms with van der Waals surface area (Å²) >= 11 is 3.49. The molecule has 0 radical (unpaired) electrons. The van der Waals surface area contributed by atoms with Crippen molar-refractivity contribution in [3.63, 3.8) is 0 Å². The maximum atomic E-state index is 12.0. The molecule has 19 heavy (non-hydrogen) atoms. The summed E-state index contributed by atoms with van der Waals surface area (Å²) in [5, 5.41) is 13.7. The SMILES string of the molecule is CCC(C#N)C(=O)Nc1ccc(Br)c2ccccc12. The number of nitrogens with zero attached hydrogens (tertiary/aromatic N) is 1. The van der Waals surface area contributed by atoms with E-state index in [2.05, 4.69) is 21.2 Å². The maximum Gasteiger partial charge on any atom is 0.241 e. The van der Waals surface area contributed by atoms with Gasteiger partial charge in [0, 0.05) is 15.5 Å². The molecule has 2 aromatic carbocycles. The van der Waals surface area contributed by atoms with E-state index in [9.17, 15) is 4.79 Å². The van der Waals surface area contributed by atoms with Crippen molar-refractivity contribution in [2.24, 2.45) is 5.92 Å². The number of amides is 1. The van der Waals surface area contributed by atoms with Crippen LogP contribution in [0.4, 0.5) is 5.69 Å². The lowest BCUT2D eigenvalue weighted by atomic mass is 10.1. The molecule has 1 N–H and O–H groups in total. The van der Waals surface area contributed by atoms with Gasteiger partial charge in [-0.3, -0.25) is 4.79 Å². The summed E-state index contributed by atoms with van der Waals surface area (Å²) in [6.45, 7) is 1.83. The van der Waals surface area contributed by atoms with Gasteiger partial charge in [0.2, 0.25) is 5.91 Å². The van der Waals surface area contributed by atoms with Gasteiger partial charge in [0.15, 0.2) is 0 Å². The Hall–Kier alpha value is -1.86. The predicted molar refractivity (Wildman–Crippen MR) is 79.7 cm³/mol. The molecule has 1 amide bonds. The van der Waals surface area contributed by atoms with Gasteiger partial charge in [-0.15, -0.1) is 0 Å². The average molecular weight is 317 g/mol. The van der Waals surface area contributed by atoms with Gasteiger partial charge >= 0.3 is 0 Å². The van der Waals surface area contributed by atoms with Gasteiger partial charge in [0.05, 0.1) is 6.07 Å². The van der Waals surface area contributed by atoms with Crippen molar-refractivity contribution in [2.45, 2.75) is 13.3 Å². The van der Waals surface area contributed by atoms with E-state index in [1.165, 1.54) is 0 Å². The summed E-state index contributed by atoms with van der Waals surface area (Å²) in [6, 6.07) is 13.5. The van der Waals surface area contributed by atoms with Crippen molar-refractivity contribution in [3.05, 3.63) is 40.9 Å². The monoisotopic (exact) mass is 316 g/mol. The molecule has 1 atom stereocenters. The lowest BCUT2D eigenvalue weighted by Gasteiger charge is -2.11. The van der Waals surface area contributed by atoms with Gasteiger partial charge in [-0.25, -0.2) is 0 Å². The summed E-state index contributed by atoms with van der Waals surface area (Å²) in [5.74, 6) is -0.861.